The van der Waals surface area contributed by atoms with Crippen LogP contribution in [0.4, 0.5) is 0 Å². The smallest absolute Gasteiger partial charge is 0.356 e. The lowest BCUT2D eigenvalue weighted by atomic mass is 9.93. The van der Waals surface area contributed by atoms with Crippen LogP contribution in [-0.4, -0.2) is 44.0 Å². The number of carbonyl (C=O) groups is 2. The van der Waals surface area contributed by atoms with Crippen molar-refractivity contribution in [1.29, 1.82) is 0 Å². The van der Waals surface area contributed by atoms with E-state index in [2.05, 4.69) is 15.0 Å². The van der Waals surface area contributed by atoms with E-state index in [0.717, 1.165) is 5.51 Å². The van der Waals surface area contributed by atoms with Crippen molar-refractivity contribution in [2.45, 2.75) is 18.1 Å². The summed E-state index contributed by atoms with van der Waals surface area (Å²) in [5, 5.41) is 11.3. The zero-order chi connectivity index (χ0) is 15.6. The highest BCUT2D eigenvalue weighted by Crippen LogP contribution is 2.21. The van der Waals surface area contributed by atoms with Gasteiger partial charge in [0, 0.05) is 13.6 Å². The van der Waals surface area contributed by atoms with E-state index in [-0.39, 0.29) is 16.7 Å². The van der Waals surface area contributed by atoms with E-state index in [4.69, 9.17) is 5.11 Å². The minimum atomic E-state index is -4.02. The molecule has 8 nitrogen and oxygen atoms in total. The van der Waals surface area contributed by atoms with E-state index in [0.29, 0.717) is 11.3 Å². The number of carboxylic acid groups (broad SMARTS) is 1. The molecule has 3 N–H and O–H groups in total. The van der Waals surface area contributed by atoms with Gasteiger partial charge in [0.15, 0.2) is 9.90 Å². The number of rotatable bonds is 6. The van der Waals surface area contributed by atoms with Crippen molar-refractivity contribution in [3.8, 4) is 0 Å². The number of aromatic carboxylic acids is 1. The highest BCUT2D eigenvalue weighted by atomic mass is 32.2. The molecule has 1 rings (SSSR count). The average Bonchev–Trinajstić information content (AvgIpc) is 2.85. The van der Waals surface area contributed by atoms with Crippen molar-refractivity contribution in [3.63, 3.8) is 0 Å². The van der Waals surface area contributed by atoms with Crippen molar-refractivity contribution >= 4 is 33.2 Å². The van der Waals surface area contributed by atoms with Crippen molar-refractivity contribution in [1.82, 2.24) is 15.0 Å². The predicted molar refractivity (Wildman–Crippen MR) is 72.1 cm³/mol. The van der Waals surface area contributed by atoms with Crippen LogP contribution >= 0.6 is 11.3 Å². The van der Waals surface area contributed by atoms with Crippen LogP contribution in [0.2, 0.25) is 0 Å². The van der Waals surface area contributed by atoms with Gasteiger partial charge in [0.05, 0.1) is 10.9 Å². The molecule has 112 valence electrons. The normalized spacial score (nSPS) is 12.2. The van der Waals surface area contributed by atoms with Gasteiger partial charge < -0.3 is 10.4 Å². The maximum atomic E-state index is 12.0. The maximum Gasteiger partial charge on any atom is 0.356 e. The quantitative estimate of drug-likeness (QED) is 0.671. The molecule has 0 unspecified atom stereocenters. The van der Waals surface area contributed by atoms with Gasteiger partial charge >= 0.3 is 5.97 Å². The predicted octanol–water partition coefficient (Wildman–Crippen LogP) is -0.108. The molecule has 1 aromatic heterocycles. The van der Waals surface area contributed by atoms with Gasteiger partial charge in [-0.3, -0.25) is 4.79 Å². The second-order valence-corrected chi connectivity index (χ2v) is 7.40. The Balaban J connectivity index is 2.94. The molecule has 0 radical (unpaired) electrons. The number of carbonyl (C=O) groups excluding carboxylic acids is 1. The molecule has 0 aliphatic heterocycles. The Morgan fingerprint density at radius 1 is 1.45 bits per heavy atom. The number of hydrogen-bond acceptors (Lipinski definition) is 6. The van der Waals surface area contributed by atoms with Gasteiger partial charge in [-0.25, -0.2) is 22.9 Å². The number of sulfonamides is 1. The van der Waals surface area contributed by atoms with E-state index < -0.39 is 27.1 Å². The minimum Gasteiger partial charge on any atom is -0.476 e. The summed E-state index contributed by atoms with van der Waals surface area (Å²) < 4.78 is 25.9. The number of amides is 1. The van der Waals surface area contributed by atoms with E-state index in [9.17, 15) is 18.0 Å². The first-order valence-electron chi connectivity index (χ1n) is 5.50. The molecule has 0 saturated carbocycles. The third-order valence-electron chi connectivity index (χ3n) is 2.53. The fourth-order valence-electron chi connectivity index (χ4n) is 1.33. The Bertz CT molecular complexity index is 621. The first-order chi connectivity index (χ1) is 9.12. The lowest BCUT2D eigenvalue weighted by Gasteiger charge is -2.22. The number of thiazole rings is 1. The van der Waals surface area contributed by atoms with Gasteiger partial charge in [-0.05, 0) is 13.8 Å². The van der Waals surface area contributed by atoms with Crippen LogP contribution in [0.5, 0.6) is 0 Å². The summed E-state index contributed by atoms with van der Waals surface area (Å²) in [6.45, 7) is 2.98. The average molecular weight is 321 g/mol. The Kier molecular flexibility index (Phi) is 4.84. The van der Waals surface area contributed by atoms with Gasteiger partial charge in [-0.2, -0.15) is 0 Å². The number of hydrogen-bond donors (Lipinski definition) is 3. The van der Waals surface area contributed by atoms with Gasteiger partial charge in [-0.15, -0.1) is 11.3 Å². The summed E-state index contributed by atoms with van der Waals surface area (Å²) in [5.74, 6) is -1.75. The number of nitrogens with zero attached hydrogens (tertiary/aromatic N) is 1. The van der Waals surface area contributed by atoms with Crippen LogP contribution in [0.3, 0.4) is 0 Å². The van der Waals surface area contributed by atoms with Gasteiger partial charge in [-0.1, -0.05) is 0 Å². The Morgan fingerprint density at radius 2 is 2.05 bits per heavy atom. The zero-order valence-corrected chi connectivity index (χ0v) is 12.8. The second-order valence-electron chi connectivity index (χ2n) is 4.58. The summed E-state index contributed by atoms with van der Waals surface area (Å²) in [6.07, 6.45) is 0. The third kappa shape index (κ3) is 3.52. The molecule has 20 heavy (non-hydrogen) atoms. The van der Waals surface area contributed by atoms with Crippen LogP contribution < -0.4 is 10.0 Å². The van der Waals surface area contributed by atoms with Gasteiger partial charge in [0.25, 0.3) is 10.0 Å². The van der Waals surface area contributed by atoms with Gasteiger partial charge in [0.2, 0.25) is 5.91 Å². The molecule has 0 aromatic carbocycles. The molecule has 10 heteroatoms. The molecule has 1 aromatic rings. The standard InChI is InChI=1S/C10H15N3O5S2/c1-10(2,9(16)11-3)4-13-20(17,18)8-6(7(14)15)12-5-19-8/h5,13H,4H2,1-3H3,(H,11,16)(H,14,15). The fraction of sp³-hybridized carbons (Fsp3) is 0.500. The number of nitrogens with one attached hydrogen (secondary N) is 2. The Morgan fingerprint density at radius 3 is 2.55 bits per heavy atom. The summed E-state index contributed by atoms with van der Waals surface area (Å²) in [4.78, 5) is 25.9. The highest BCUT2D eigenvalue weighted by molar-refractivity contribution is 7.91. The van der Waals surface area contributed by atoms with Crippen LogP contribution in [0.1, 0.15) is 24.3 Å². The molecule has 0 fully saturated rings. The van der Waals surface area contributed by atoms with Crippen LogP contribution in [0.25, 0.3) is 0 Å². The van der Waals surface area contributed by atoms with Crippen molar-refractivity contribution in [3.05, 3.63) is 11.2 Å². The van der Waals surface area contributed by atoms with Crippen molar-refractivity contribution < 1.29 is 23.1 Å². The van der Waals surface area contributed by atoms with Crippen LogP contribution in [0, 0.1) is 5.41 Å². The molecule has 1 amide bonds. The molecule has 0 bridgehead atoms. The third-order valence-corrected chi connectivity index (χ3v) is 5.30. The maximum absolute atomic E-state index is 12.0. The topological polar surface area (TPSA) is 125 Å². The first kappa shape index (κ1) is 16.5. The number of carboxylic acids is 1. The molecular formula is C10H15N3O5S2. The molecule has 0 aliphatic carbocycles. The zero-order valence-electron chi connectivity index (χ0n) is 11.1. The van der Waals surface area contributed by atoms with E-state index in [1.807, 2.05) is 0 Å². The second kappa shape index (κ2) is 5.85. The summed E-state index contributed by atoms with van der Waals surface area (Å²) in [6, 6.07) is 0. The molecule has 1 heterocycles. The SMILES string of the molecule is CNC(=O)C(C)(C)CNS(=O)(=O)c1scnc1C(=O)O. The van der Waals surface area contributed by atoms with Crippen molar-refractivity contribution in [2.24, 2.45) is 5.41 Å². The monoisotopic (exact) mass is 321 g/mol. The molecule has 0 atom stereocenters. The largest absolute Gasteiger partial charge is 0.476 e. The minimum absolute atomic E-state index is 0.161. The first-order valence-corrected chi connectivity index (χ1v) is 7.86. The Labute approximate surface area is 120 Å². The number of aromatic nitrogens is 1. The molecular weight excluding hydrogens is 306 g/mol. The summed E-state index contributed by atoms with van der Waals surface area (Å²) in [5.41, 5.74) is -0.349. The fourth-order valence-corrected chi connectivity index (χ4v) is 3.72. The van der Waals surface area contributed by atoms with Crippen molar-refractivity contribution in [2.75, 3.05) is 13.6 Å². The lowest BCUT2D eigenvalue weighted by Crippen LogP contribution is -2.43. The van der Waals surface area contributed by atoms with Crippen LogP contribution in [-0.2, 0) is 14.8 Å². The summed E-state index contributed by atoms with van der Waals surface area (Å²) >= 11 is 0.707. The lowest BCUT2D eigenvalue weighted by molar-refractivity contribution is -0.128. The highest BCUT2D eigenvalue weighted by Gasteiger charge is 2.31. The molecule has 0 saturated heterocycles. The van der Waals surface area contributed by atoms with E-state index >= 15 is 0 Å². The molecule has 0 aliphatic rings. The van der Waals surface area contributed by atoms with E-state index in [1.54, 1.807) is 13.8 Å². The van der Waals surface area contributed by atoms with Crippen LogP contribution in [0.15, 0.2) is 9.72 Å². The van der Waals surface area contributed by atoms with E-state index in [1.165, 1.54) is 7.05 Å². The summed E-state index contributed by atoms with van der Waals surface area (Å²) in [7, 11) is -2.57. The molecule has 0 spiro atoms. The Hall–Kier alpha value is -1.52. The van der Waals surface area contributed by atoms with Gasteiger partial charge in [0.1, 0.15) is 0 Å².